The van der Waals surface area contributed by atoms with Crippen LogP contribution in [0.15, 0.2) is 0 Å². The first-order valence-corrected chi connectivity index (χ1v) is 6.16. The highest BCUT2D eigenvalue weighted by atomic mass is 79.9. The molecule has 0 aromatic heterocycles. The van der Waals surface area contributed by atoms with Crippen LogP contribution < -0.4 is 0 Å². The molecule has 0 spiro atoms. The fourth-order valence-corrected chi connectivity index (χ4v) is 2.31. The fourth-order valence-electron chi connectivity index (χ4n) is 0.595. The van der Waals surface area contributed by atoms with Gasteiger partial charge in [-0.25, -0.2) is 9.78 Å². The van der Waals surface area contributed by atoms with Gasteiger partial charge >= 0.3 is 0 Å². The van der Waals surface area contributed by atoms with E-state index in [1.165, 1.54) is 0 Å². The van der Waals surface area contributed by atoms with Gasteiger partial charge in [0.25, 0.3) is 0 Å². The van der Waals surface area contributed by atoms with Crippen LogP contribution in [0.3, 0.4) is 0 Å². The third kappa shape index (κ3) is 11.3. The highest BCUT2D eigenvalue weighted by Gasteiger charge is 2.24. The summed E-state index contributed by atoms with van der Waals surface area (Å²) in [5.74, 6) is 0. The largest absolute Gasteiger partial charge is 0.235 e. The molecule has 0 saturated carbocycles. The van der Waals surface area contributed by atoms with Gasteiger partial charge in [0.2, 0.25) is 0 Å². The maximum absolute atomic E-state index is 5.60. The third-order valence-corrected chi connectivity index (χ3v) is 2.06. The fraction of sp³-hybridized carbons (Fsp3) is 1.00. The molecule has 14 heavy (non-hydrogen) atoms. The number of hydrogen-bond donors (Lipinski definition) is 0. The third-order valence-electron chi connectivity index (χ3n) is 1.01. The first-order valence-electron chi connectivity index (χ1n) is 4.11. The minimum Gasteiger partial charge on any atom is -0.235 e. The van der Waals surface area contributed by atoms with Crippen molar-refractivity contribution in [1.29, 1.82) is 0 Å². The second kappa shape index (κ2) is 6.12. The molecule has 0 rings (SSSR count). The van der Waals surface area contributed by atoms with Crippen molar-refractivity contribution < 1.29 is 9.78 Å². The van der Waals surface area contributed by atoms with E-state index in [1.54, 1.807) is 0 Å². The number of halogens is 4. The van der Waals surface area contributed by atoms with E-state index >= 15 is 0 Å². The zero-order valence-corrected chi connectivity index (χ0v) is 12.2. The van der Waals surface area contributed by atoms with E-state index in [9.17, 15) is 0 Å². The summed E-state index contributed by atoms with van der Waals surface area (Å²) in [6.45, 7) is 6.02. The van der Waals surface area contributed by atoms with E-state index in [1.807, 2.05) is 20.8 Å². The van der Waals surface area contributed by atoms with Crippen molar-refractivity contribution >= 4 is 50.7 Å². The van der Waals surface area contributed by atoms with Gasteiger partial charge in [0.05, 0.1) is 12.2 Å². The van der Waals surface area contributed by atoms with Crippen LogP contribution in [0.2, 0.25) is 0 Å². The van der Waals surface area contributed by atoms with Gasteiger partial charge in [-0.15, -0.1) is 0 Å². The van der Waals surface area contributed by atoms with E-state index in [-0.39, 0.29) is 10.4 Å². The van der Waals surface area contributed by atoms with E-state index < -0.39 is 3.79 Å². The molecule has 86 valence electrons. The van der Waals surface area contributed by atoms with Crippen LogP contribution in [0.1, 0.15) is 27.2 Å². The zero-order valence-electron chi connectivity index (χ0n) is 8.32. The molecule has 0 fully saturated rings. The molecule has 0 N–H and O–H groups in total. The lowest BCUT2D eigenvalue weighted by Crippen LogP contribution is -2.23. The highest BCUT2D eigenvalue weighted by molar-refractivity contribution is 9.09. The van der Waals surface area contributed by atoms with Gasteiger partial charge < -0.3 is 0 Å². The second-order valence-electron chi connectivity index (χ2n) is 3.90. The monoisotopic (exact) mass is 326 g/mol. The maximum atomic E-state index is 5.60. The molecule has 1 unspecified atom stereocenters. The quantitative estimate of drug-likeness (QED) is 0.436. The molecular weight excluding hydrogens is 314 g/mol. The Morgan fingerprint density at radius 3 is 2.07 bits per heavy atom. The van der Waals surface area contributed by atoms with Crippen molar-refractivity contribution in [3.63, 3.8) is 0 Å². The van der Waals surface area contributed by atoms with Crippen LogP contribution in [0.5, 0.6) is 0 Å². The van der Waals surface area contributed by atoms with Crippen LogP contribution in [-0.4, -0.2) is 20.8 Å². The minimum absolute atomic E-state index is 0.0441. The lowest BCUT2D eigenvalue weighted by Gasteiger charge is -2.20. The van der Waals surface area contributed by atoms with Gasteiger partial charge in [-0.3, -0.25) is 0 Å². The van der Waals surface area contributed by atoms with Crippen LogP contribution in [0.25, 0.3) is 0 Å². The Morgan fingerprint density at radius 2 is 1.71 bits per heavy atom. The van der Waals surface area contributed by atoms with Gasteiger partial charge in [0.1, 0.15) is 0 Å². The van der Waals surface area contributed by atoms with Crippen LogP contribution in [0, 0.1) is 0 Å². The first-order chi connectivity index (χ1) is 6.10. The molecule has 0 aromatic rings. The Bertz CT molecular complexity index is 165. The van der Waals surface area contributed by atoms with Crippen molar-refractivity contribution in [3.8, 4) is 0 Å². The molecule has 0 aliphatic heterocycles. The van der Waals surface area contributed by atoms with Crippen LogP contribution in [0.4, 0.5) is 0 Å². The Labute approximate surface area is 108 Å². The predicted octanol–water partition coefficient (Wildman–Crippen LogP) is 4.26. The molecule has 0 amide bonds. The van der Waals surface area contributed by atoms with Gasteiger partial charge in [0, 0.05) is 11.2 Å². The number of hydrogen-bond acceptors (Lipinski definition) is 2. The minimum atomic E-state index is -1.26. The summed E-state index contributed by atoms with van der Waals surface area (Å²) in [4.78, 5) is 9.99. The summed E-state index contributed by atoms with van der Waals surface area (Å²) in [7, 11) is 0. The molecule has 1 atom stereocenters. The van der Waals surface area contributed by atoms with Crippen molar-refractivity contribution in [2.45, 2.75) is 41.4 Å². The molecule has 0 heterocycles. The van der Waals surface area contributed by atoms with E-state index in [0.29, 0.717) is 13.0 Å². The summed E-state index contributed by atoms with van der Waals surface area (Å²) in [6.07, 6.45) is 0.366. The Kier molecular flexibility index (Phi) is 6.67. The molecule has 0 bridgehead atoms. The Morgan fingerprint density at radius 1 is 1.21 bits per heavy atom. The predicted molar refractivity (Wildman–Crippen MR) is 64.4 cm³/mol. The summed E-state index contributed by atoms with van der Waals surface area (Å²) in [5.41, 5.74) is -0.327. The standard InChI is InChI=1S/C8H14BrCl3O2/c1-7(2,3)14-13-5-6(9)4-8(10,11)12/h6H,4-5H2,1-3H3. The summed E-state index contributed by atoms with van der Waals surface area (Å²) < 4.78 is -1.26. The molecule has 0 aliphatic rings. The van der Waals surface area contributed by atoms with E-state index in [2.05, 4.69) is 15.9 Å². The molecular formula is C8H14BrCl3O2. The van der Waals surface area contributed by atoms with Crippen molar-refractivity contribution in [2.24, 2.45) is 0 Å². The number of rotatable bonds is 4. The smallest absolute Gasteiger partial charge is 0.191 e. The zero-order chi connectivity index (χ0) is 11.4. The SMILES string of the molecule is CC(C)(C)OOCC(Br)CC(Cl)(Cl)Cl. The Hall–Kier alpha value is 1.27. The van der Waals surface area contributed by atoms with Gasteiger partial charge in [-0.2, -0.15) is 0 Å². The first kappa shape index (κ1) is 15.3. The Balaban J connectivity index is 3.60. The van der Waals surface area contributed by atoms with Gasteiger partial charge in [-0.05, 0) is 20.8 Å². The second-order valence-corrected chi connectivity index (χ2v) is 7.71. The topological polar surface area (TPSA) is 18.5 Å². The molecule has 0 aromatic carbocycles. The van der Waals surface area contributed by atoms with Crippen molar-refractivity contribution in [1.82, 2.24) is 0 Å². The van der Waals surface area contributed by atoms with Crippen LogP contribution >= 0.6 is 50.7 Å². The summed E-state index contributed by atoms with van der Waals surface area (Å²) >= 11 is 20.1. The van der Waals surface area contributed by atoms with Crippen molar-refractivity contribution in [3.05, 3.63) is 0 Å². The van der Waals surface area contributed by atoms with Crippen LogP contribution in [-0.2, 0) is 9.78 Å². The average Bonchev–Trinajstić information content (AvgIpc) is 1.78. The molecule has 2 nitrogen and oxygen atoms in total. The van der Waals surface area contributed by atoms with Crippen molar-refractivity contribution in [2.75, 3.05) is 6.61 Å². The van der Waals surface area contributed by atoms with Gasteiger partial charge in [-0.1, -0.05) is 50.7 Å². The lowest BCUT2D eigenvalue weighted by atomic mass is 10.2. The normalized spacial score (nSPS) is 15.6. The van der Waals surface area contributed by atoms with Gasteiger partial charge in [0.15, 0.2) is 3.79 Å². The summed E-state index contributed by atoms with van der Waals surface area (Å²) in [6, 6.07) is 0. The lowest BCUT2D eigenvalue weighted by molar-refractivity contribution is -0.347. The number of alkyl halides is 4. The molecule has 0 saturated heterocycles. The molecule has 0 aliphatic carbocycles. The highest BCUT2D eigenvalue weighted by Crippen LogP contribution is 2.33. The molecule has 0 radical (unpaired) electrons. The van der Waals surface area contributed by atoms with E-state index in [0.717, 1.165) is 0 Å². The average molecular weight is 328 g/mol. The molecule has 6 heteroatoms. The summed E-state index contributed by atoms with van der Waals surface area (Å²) in [5, 5.41) is 0. The van der Waals surface area contributed by atoms with E-state index in [4.69, 9.17) is 44.6 Å². The maximum Gasteiger partial charge on any atom is 0.191 e.